The number of aromatic nitrogens is 2. The number of nitrogens with one attached hydrogen (secondary N) is 1. The normalized spacial score (nSPS) is 19.2. The molecule has 0 aliphatic carbocycles. The van der Waals surface area contributed by atoms with Crippen molar-refractivity contribution in [2.24, 2.45) is 7.05 Å². The molecule has 7 nitrogen and oxygen atoms in total. The predicted octanol–water partition coefficient (Wildman–Crippen LogP) is 3.45. The summed E-state index contributed by atoms with van der Waals surface area (Å²) in [4.78, 5) is 16.9. The fourth-order valence-electron chi connectivity index (χ4n) is 3.75. The van der Waals surface area contributed by atoms with Crippen molar-refractivity contribution in [3.05, 3.63) is 82.0 Å². The predicted molar refractivity (Wildman–Crippen MR) is 119 cm³/mol. The number of benzene rings is 2. The van der Waals surface area contributed by atoms with Crippen molar-refractivity contribution in [1.29, 1.82) is 0 Å². The Morgan fingerprint density at radius 2 is 1.78 bits per heavy atom. The molecule has 2 heterocycles. The molecule has 1 aromatic heterocycles. The number of hydrogen-bond donors (Lipinski definition) is 1. The quantitative estimate of drug-likeness (QED) is 0.586. The second-order valence-electron chi connectivity index (χ2n) is 7.60. The molecule has 32 heavy (non-hydrogen) atoms. The third-order valence-corrected chi connectivity index (χ3v) is 7.46. The van der Waals surface area contributed by atoms with E-state index in [1.807, 2.05) is 0 Å². The van der Waals surface area contributed by atoms with Gasteiger partial charge in [-0.25, -0.2) is 17.8 Å². The van der Waals surface area contributed by atoms with Crippen LogP contribution in [0.1, 0.15) is 21.8 Å². The van der Waals surface area contributed by atoms with E-state index in [2.05, 4.69) is 10.3 Å². The molecule has 0 spiro atoms. The molecular weight excluding hydrogens is 478 g/mol. The monoisotopic (exact) mass is 496 g/mol. The van der Waals surface area contributed by atoms with Gasteiger partial charge in [0.25, 0.3) is 15.9 Å². The first-order valence-electron chi connectivity index (χ1n) is 9.64. The number of amides is 1. The number of nitrogens with zero attached hydrogens (tertiary/aromatic N) is 3. The van der Waals surface area contributed by atoms with Crippen LogP contribution < -0.4 is 5.32 Å². The van der Waals surface area contributed by atoms with Crippen molar-refractivity contribution in [1.82, 2.24) is 19.2 Å². The van der Waals surface area contributed by atoms with Gasteiger partial charge in [-0.05, 0) is 35.9 Å². The highest BCUT2D eigenvalue weighted by Gasteiger charge is 2.41. The first-order valence-corrected chi connectivity index (χ1v) is 11.8. The van der Waals surface area contributed by atoms with Gasteiger partial charge in [0.05, 0.1) is 12.4 Å². The second-order valence-corrected chi connectivity index (χ2v) is 10.4. The lowest BCUT2D eigenvalue weighted by Crippen LogP contribution is -2.40. The Morgan fingerprint density at radius 3 is 2.38 bits per heavy atom. The number of hydrogen-bond acceptors (Lipinski definition) is 4. The first kappa shape index (κ1) is 22.7. The van der Waals surface area contributed by atoms with E-state index in [9.17, 15) is 17.6 Å². The lowest BCUT2D eigenvalue weighted by Gasteiger charge is -2.20. The summed E-state index contributed by atoms with van der Waals surface area (Å²) in [6.45, 7) is 0.132. The van der Waals surface area contributed by atoms with Crippen molar-refractivity contribution in [2.45, 2.75) is 17.0 Å². The third kappa shape index (κ3) is 4.66. The lowest BCUT2D eigenvalue weighted by molar-refractivity contribution is 0.0936. The molecule has 1 fully saturated rings. The van der Waals surface area contributed by atoms with Crippen LogP contribution in [0.4, 0.5) is 4.39 Å². The molecule has 3 aromatic rings. The van der Waals surface area contributed by atoms with Gasteiger partial charge >= 0.3 is 0 Å². The van der Waals surface area contributed by atoms with Gasteiger partial charge in [-0.2, -0.15) is 4.31 Å². The van der Waals surface area contributed by atoms with Crippen molar-refractivity contribution < 1.29 is 17.6 Å². The van der Waals surface area contributed by atoms with E-state index in [1.165, 1.54) is 47.2 Å². The van der Waals surface area contributed by atoms with Gasteiger partial charge in [-0.1, -0.05) is 35.3 Å². The van der Waals surface area contributed by atoms with Gasteiger partial charge in [-0.15, -0.1) is 0 Å². The Hall–Kier alpha value is -2.46. The minimum absolute atomic E-state index is 0.0288. The molecule has 0 bridgehead atoms. The van der Waals surface area contributed by atoms with E-state index in [0.717, 1.165) is 0 Å². The fourth-order valence-corrected chi connectivity index (χ4v) is 5.73. The summed E-state index contributed by atoms with van der Waals surface area (Å²) >= 11 is 12.0. The second kappa shape index (κ2) is 8.82. The van der Waals surface area contributed by atoms with Crippen molar-refractivity contribution >= 4 is 39.1 Å². The van der Waals surface area contributed by atoms with Crippen LogP contribution in [0, 0.1) is 5.82 Å². The van der Waals surface area contributed by atoms with E-state index < -0.39 is 33.7 Å². The van der Waals surface area contributed by atoms with Crippen molar-refractivity contribution in [3.63, 3.8) is 0 Å². The van der Waals surface area contributed by atoms with Crippen LogP contribution in [0.2, 0.25) is 10.0 Å². The van der Waals surface area contributed by atoms with E-state index in [1.54, 1.807) is 23.7 Å². The molecule has 0 radical (unpaired) electrons. The van der Waals surface area contributed by atoms with E-state index >= 15 is 0 Å². The van der Waals surface area contributed by atoms with E-state index in [-0.39, 0.29) is 23.7 Å². The number of rotatable bonds is 5. The summed E-state index contributed by atoms with van der Waals surface area (Å²) < 4.78 is 42.5. The molecule has 4 rings (SSSR count). The number of halogens is 3. The maximum absolute atomic E-state index is 13.5. The summed E-state index contributed by atoms with van der Waals surface area (Å²) in [6.07, 6.45) is 2.82. The van der Waals surface area contributed by atoms with Crippen LogP contribution >= 0.6 is 23.2 Å². The van der Waals surface area contributed by atoms with Crippen molar-refractivity contribution in [3.8, 4) is 0 Å². The molecule has 11 heteroatoms. The summed E-state index contributed by atoms with van der Waals surface area (Å²) in [7, 11) is -2.20. The summed E-state index contributed by atoms with van der Waals surface area (Å²) in [5.74, 6) is -1.24. The van der Waals surface area contributed by atoms with Crippen LogP contribution in [0.5, 0.6) is 0 Å². The van der Waals surface area contributed by atoms with Crippen molar-refractivity contribution in [2.75, 3.05) is 13.1 Å². The van der Waals surface area contributed by atoms with Gasteiger partial charge in [0, 0.05) is 47.9 Å². The van der Waals surface area contributed by atoms with Gasteiger partial charge in [0.2, 0.25) is 0 Å². The molecule has 2 aromatic carbocycles. The zero-order chi connectivity index (χ0) is 23.0. The SMILES string of the molecule is Cn1cnc(S(=O)(=O)N2C[C@H](NC(=O)c3cc(Cl)cc(Cl)c3)[C@@H](c3ccc(F)cc3)C2)c1. The lowest BCUT2D eigenvalue weighted by atomic mass is 9.94. The van der Waals surface area contributed by atoms with Gasteiger partial charge in [-0.3, -0.25) is 4.79 Å². The zero-order valence-electron chi connectivity index (χ0n) is 16.9. The molecule has 2 atom stereocenters. The average Bonchev–Trinajstić information content (AvgIpc) is 3.35. The number of sulfonamides is 1. The largest absolute Gasteiger partial charge is 0.347 e. The number of carbonyl (C=O) groups is 1. The third-order valence-electron chi connectivity index (χ3n) is 5.31. The van der Waals surface area contributed by atoms with Crippen LogP contribution in [-0.2, 0) is 17.1 Å². The van der Waals surface area contributed by atoms with Crippen LogP contribution in [0.3, 0.4) is 0 Å². The standard InChI is InChI=1S/C21H19Cl2FN4O3S/c1-27-11-20(25-12-27)32(30,31)28-9-18(13-2-4-17(24)5-3-13)19(10-28)26-21(29)14-6-15(22)8-16(23)7-14/h2-8,11-12,18-19H,9-10H2,1H3,(H,26,29)/t18-,19+/m1/s1. The van der Waals surface area contributed by atoms with Crippen LogP contribution in [-0.4, -0.2) is 47.3 Å². The maximum Gasteiger partial charge on any atom is 0.262 e. The number of carbonyl (C=O) groups excluding carboxylic acids is 1. The minimum atomic E-state index is -3.88. The topological polar surface area (TPSA) is 84.3 Å². The highest BCUT2D eigenvalue weighted by atomic mass is 35.5. The Bertz CT molecular complexity index is 1240. The smallest absolute Gasteiger partial charge is 0.262 e. The summed E-state index contributed by atoms with van der Waals surface area (Å²) in [5.41, 5.74) is 0.964. The highest BCUT2D eigenvalue weighted by Crippen LogP contribution is 2.32. The van der Waals surface area contributed by atoms with Crippen LogP contribution in [0.15, 0.2) is 60.0 Å². The molecule has 168 valence electrons. The van der Waals surface area contributed by atoms with Gasteiger partial charge < -0.3 is 9.88 Å². The van der Waals surface area contributed by atoms with Gasteiger partial charge in [0.1, 0.15) is 5.82 Å². The Balaban J connectivity index is 1.64. The average molecular weight is 497 g/mol. The Morgan fingerprint density at radius 1 is 1.12 bits per heavy atom. The Labute approximate surface area is 194 Å². The van der Waals surface area contributed by atoms with E-state index in [4.69, 9.17) is 23.2 Å². The molecular formula is C21H19Cl2FN4O3S. The number of aryl methyl sites for hydroxylation is 1. The molecule has 1 amide bonds. The minimum Gasteiger partial charge on any atom is -0.347 e. The van der Waals surface area contributed by atoms with Gasteiger partial charge in [0.15, 0.2) is 5.03 Å². The molecule has 1 saturated heterocycles. The first-order chi connectivity index (χ1) is 15.1. The fraction of sp³-hybridized carbons (Fsp3) is 0.238. The molecule has 0 saturated carbocycles. The highest BCUT2D eigenvalue weighted by molar-refractivity contribution is 7.89. The number of imidazole rings is 1. The Kier molecular flexibility index (Phi) is 6.26. The zero-order valence-corrected chi connectivity index (χ0v) is 19.2. The molecule has 1 aliphatic heterocycles. The summed E-state index contributed by atoms with van der Waals surface area (Å²) in [5, 5.41) is 3.43. The maximum atomic E-state index is 13.5. The van der Waals surface area contributed by atoms with E-state index in [0.29, 0.717) is 15.6 Å². The molecule has 1 aliphatic rings. The summed E-state index contributed by atoms with van der Waals surface area (Å²) in [6, 6.07) is 9.70. The molecule has 1 N–H and O–H groups in total. The van der Waals surface area contributed by atoms with Crippen LogP contribution in [0.25, 0.3) is 0 Å². The molecule has 0 unspecified atom stereocenters.